The lowest BCUT2D eigenvalue weighted by Gasteiger charge is -2.06. The largest absolute Gasteiger partial charge is 0.300 e. The van der Waals surface area contributed by atoms with Gasteiger partial charge in [-0.2, -0.15) is 0 Å². The van der Waals surface area contributed by atoms with Gasteiger partial charge in [-0.25, -0.2) is 0 Å². The zero-order chi connectivity index (χ0) is 11.3. The van der Waals surface area contributed by atoms with Crippen LogP contribution in [0.4, 0.5) is 0 Å². The second kappa shape index (κ2) is 5.69. The minimum absolute atomic E-state index is 0.302. The van der Waals surface area contributed by atoms with E-state index in [0.717, 1.165) is 25.7 Å². The van der Waals surface area contributed by atoms with Gasteiger partial charge in [0.1, 0.15) is 5.78 Å². The predicted octanol–water partition coefficient (Wildman–Crippen LogP) is 3.61. The first-order valence-corrected chi connectivity index (χ1v) is 5.65. The van der Waals surface area contributed by atoms with Crippen LogP contribution in [0.3, 0.4) is 0 Å². The van der Waals surface area contributed by atoms with Crippen molar-refractivity contribution in [1.82, 2.24) is 0 Å². The molecule has 0 aliphatic heterocycles. The van der Waals surface area contributed by atoms with Crippen molar-refractivity contribution >= 4 is 5.78 Å². The molecule has 0 amide bonds. The number of ketones is 1. The lowest BCUT2D eigenvalue weighted by molar-refractivity contribution is -0.117. The second-order valence-corrected chi connectivity index (χ2v) is 4.34. The molecule has 0 fully saturated rings. The zero-order valence-corrected chi connectivity index (χ0v) is 9.97. The highest BCUT2D eigenvalue weighted by Crippen LogP contribution is 2.13. The van der Waals surface area contributed by atoms with Crippen molar-refractivity contribution in [3.05, 3.63) is 34.9 Å². The van der Waals surface area contributed by atoms with Crippen molar-refractivity contribution in [2.24, 2.45) is 0 Å². The summed E-state index contributed by atoms with van der Waals surface area (Å²) in [5, 5.41) is 0. The summed E-state index contributed by atoms with van der Waals surface area (Å²) in [4.78, 5) is 10.8. The van der Waals surface area contributed by atoms with Crippen molar-refractivity contribution in [3.63, 3.8) is 0 Å². The van der Waals surface area contributed by atoms with Crippen molar-refractivity contribution in [1.29, 1.82) is 0 Å². The number of Topliss-reactive ketones (excluding diaryl/α,β-unsaturated/α-hetero) is 1. The molecule has 1 aromatic rings. The molecule has 0 saturated heterocycles. The van der Waals surface area contributed by atoms with Gasteiger partial charge in [-0.3, -0.25) is 0 Å². The van der Waals surface area contributed by atoms with Gasteiger partial charge in [0.15, 0.2) is 0 Å². The van der Waals surface area contributed by atoms with E-state index in [1.807, 2.05) is 0 Å². The summed E-state index contributed by atoms with van der Waals surface area (Å²) in [6.07, 6.45) is 3.95. The molecule has 15 heavy (non-hydrogen) atoms. The molecule has 0 aliphatic rings. The van der Waals surface area contributed by atoms with Crippen molar-refractivity contribution in [2.75, 3.05) is 0 Å². The number of carbonyl (C=O) groups is 1. The number of hydrogen-bond acceptors (Lipinski definition) is 1. The summed E-state index contributed by atoms with van der Waals surface area (Å²) in [6, 6.07) is 6.59. The monoisotopic (exact) mass is 204 g/mol. The Balaban J connectivity index is 2.40. The minimum Gasteiger partial charge on any atom is -0.300 e. The number of benzene rings is 1. The summed E-state index contributed by atoms with van der Waals surface area (Å²) in [6.45, 7) is 5.94. The Hall–Kier alpha value is -1.11. The fourth-order valence-electron chi connectivity index (χ4n) is 1.82. The van der Waals surface area contributed by atoms with Gasteiger partial charge in [0, 0.05) is 6.42 Å². The molecule has 0 heterocycles. The first-order valence-electron chi connectivity index (χ1n) is 5.65. The Morgan fingerprint density at radius 1 is 1.20 bits per heavy atom. The third-order valence-corrected chi connectivity index (χ3v) is 2.72. The van der Waals surface area contributed by atoms with Gasteiger partial charge in [0.05, 0.1) is 0 Å². The molecule has 82 valence electrons. The van der Waals surface area contributed by atoms with Crippen LogP contribution in [0.15, 0.2) is 18.2 Å². The molecular weight excluding hydrogens is 184 g/mol. The molecule has 0 unspecified atom stereocenters. The van der Waals surface area contributed by atoms with Gasteiger partial charge in [-0.05, 0) is 51.2 Å². The van der Waals surface area contributed by atoms with E-state index in [9.17, 15) is 4.79 Å². The van der Waals surface area contributed by atoms with Gasteiger partial charge in [0.2, 0.25) is 0 Å². The van der Waals surface area contributed by atoms with E-state index >= 15 is 0 Å². The zero-order valence-electron chi connectivity index (χ0n) is 9.97. The first-order chi connectivity index (χ1) is 7.09. The standard InChI is InChI=1S/C14H20O/c1-11-8-9-14(12(2)10-11)7-5-4-6-13(3)15/h8-10H,4-7H2,1-3H3. The Morgan fingerprint density at radius 3 is 2.53 bits per heavy atom. The van der Waals surface area contributed by atoms with E-state index in [-0.39, 0.29) is 0 Å². The first kappa shape index (κ1) is 12.0. The van der Waals surface area contributed by atoms with Gasteiger partial charge >= 0.3 is 0 Å². The number of aryl methyl sites for hydroxylation is 3. The minimum atomic E-state index is 0.302. The molecular formula is C14H20O. The summed E-state index contributed by atoms with van der Waals surface area (Å²) < 4.78 is 0. The highest BCUT2D eigenvalue weighted by atomic mass is 16.1. The molecule has 0 atom stereocenters. The SMILES string of the molecule is CC(=O)CCCCc1ccc(C)cc1C. The van der Waals surface area contributed by atoms with Crippen molar-refractivity contribution < 1.29 is 4.79 Å². The van der Waals surface area contributed by atoms with Gasteiger partial charge < -0.3 is 4.79 Å². The van der Waals surface area contributed by atoms with E-state index in [0.29, 0.717) is 5.78 Å². The Labute approximate surface area is 92.5 Å². The molecule has 1 heteroatoms. The summed E-state index contributed by atoms with van der Waals surface area (Å²) in [7, 11) is 0. The van der Waals surface area contributed by atoms with Crippen LogP contribution in [0, 0.1) is 13.8 Å². The lowest BCUT2D eigenvalue weighted by Crippen LogP contribution is -1.93. The number of rotatable bonds is 5. The smallest absolute Gasteiger partial charge is 0.129 e. The average Bonchev–Trinajstić information content (AvgIpc) is 2.14. The quantitative estimate of drug-likeness (QED) is 0.670. The van der Waals surface area contributed by atoms with Crippen LogP contribution in [0.5, 0.6) is 0 Å². The molecule has 0 aliphatic carbocycles. The average molecular weight is 204 g/mol. The number of hydrogen-bond donors (Lipinski definition) is 0. The maximum atomic E-state index is 10.8. The molecule has 0 bridgehead atoms. The highest BCUT2D eigenvalue weighted by Gasteiger charge is 1.99. The Morgan fingerprint density at radius 2 is 1.93 bits per heavy atom. The summed E-state index contributed by atoms with van der Waals surface area (Å²) in [5.74, 6) is 0.302. The fourth-order valence-corrected chi connectivity index (χ4v) is 1.82. The maximum Gasteiger partial charge on any atom is 0.129 e. The third-order valence-electron chi connectivity index (χ3n) is 2.72. The number of carbonyl (C=O) groups excluding carboxylic acids is 1. The summed E-state index contributed by atoms with van der Waals surface area (Å²) >= 11 is 0. The fraction of sp³-hybridized carbons (Fsp3) is 0.500. The van der Waals surface area contributed by atoms with Crippen LogP contribution in [-0.4, -0.2) is 5.78 Å². The van der Waals surface area contributed by atoms with Crippen LogP contribution in [-0.2, 0) is 11.2 Å². The topological polar surface area (TPSA) is 17.1 Å². The molecule has 1 rings (SSSR count). The molecule has 0 saturated carbocycles. The van der Waals surface area contributed by atoms with Gasteiger partial charge in [0.25, 0.3) is 0 Å². The Bertz CT molecular complexity index is 339. The maximum absolute atomic E-state index is 10.8. The van der Waals surface area contributed by atoms with Crippen LogP contribution >= 0.6 is 0 Å². The van der Waals surface area contributed by atoms with Gasteiger partial charge in [-0.15, -0.1) is 0 Å². The van der Waals surface area contributed by atoms with E-state index in [1.165, 1.54) is 16.7 Å². The van der Waals surface area contributed by atoms with Crippen LogP contribution in [0.25, 0.3) is 0 Å². The van der Waals surface area contributed by atoms with Crippen LogP contribution < -0.4 is 0 Å². The molecule has 0 N–H and O–H groups in total. The van der Waals surface area contributed by atoms with E-state index in [1.54, 1.807) is 6.92 Å². The molecule has 0 aromatic heterocycles. The lowest BCUT2D eigenvalue weighted by atomic mass is 10.00. The second-order valence-electron chi connectivity index (χ2n) is 4.34. The molecule has 1 nitrogen and oxygen atoms in total. The number of unbranched alkanes of at least 4 members (excludes halogenated alkanes) is 1. The van der Waals surface area contributed by atoms with E-state index in [2.05, 4.69) is 32.0 Å². The van der Waals surface area contributed by atoms with Crippen molar-refractivity contribution in [3.8, 4) is 0 Å². The summed E-state index contributed by atoms with van der Waals surface area (Å²) in [5.41, 5.74) is 4.11. The third kappa shape index (κ3) is 4.28. The Kier molecular flexibility index (Phi) is 4.54. The van der Waals surface area contributed by atoms with E-state index in [4.69, 9.17) is 0 Å². The normalized spacial score (nSPS) is 10.3. The van der Waals surface area contributed by atoms with Crippen LogP contribution in [0.2, 0.25) is 0 Å². The van der Waals surface area contributed by atoms with Crippen molar-refractivity contribution in [2.45, 2.75) is 46.5 Å². The molecule has 1 aromatic carbocycles. The van der Waals surface area contributed by atoms with Gasteiger partial charge in [-0.1, -0.05) is 23.8 Å². The van der Waals surface area contributed by atoms with Crippen LogP contribution in [0.1, 0.15) is 42.9 Å². The predicted molar refractivity (Wildman–Crippen MR) is 64.2 cm³/mol. The van der Waals surface area contributed by atoms with E-state index < -0.39 is 0 Å². The highest BCUT2D eigenvalue weighted by molar-refractivity contribution is 5.75. The molecule has 0 spiro atoms. The molecule has 0 radical (unpaired) electrons.